The molecule has 0 aliphatic heterocycles. The highest BCUT2D eigenvalue weighted by molar-refractivity contribution is 7.89. The monoisotopic (exact) mass is 292 g/mol. The fourth-order valence-electron chi connectivity index (χ4n) is 1.32. The van der Waals surface area contributed by atoms with Crippen LogP contribution in [0, 0.1) is 0 Å². The Morgan fingerprint density at radius 2 is 1.94 bits per heavy atom. The molecule has 0 rings (SSSR count). The summed E-state index contributed by atoms with van der Waals surface area (Å²) in [5, 5.41) is 0. The number of nitrogens with two attached hydrogens (primary N) is 1. The minimum absolute atomic E-state index is 0.0161. The molecule has 5 nitrogen and oxygen atoms in total. The standard InChI is InChI=1S/C9H19F3N2O3S/c1-14(6-8(13)7-17-2)18(15,16)5-3-4-9(10,11)12/h8H,3-7,13H2,1-2H3. The van der Waals surface area contributed by atoms with Gasteiger partial charge in [0.05, 0.1) is 12.4 Å². The number of nitrogens with zero attached hydrogens (tertiary/aromatic N) is 1. The summed E-state index contributed by atoms with van der Waals surface area (Å²) in [5.41, 5.74) is 5.57. The molecule has 0 radical (unpaired) electrons. The van der Waals surface area contributed by atoms with Gasteiger partial charge in [-0.2, -0.15) is 13.2 Å². The van der Waals surface area contributed by atoms with E-state index in [1.54, 1.807) is 0 Å². The lowest BCUT2D eigenvalue weighted by molar-refractivity contribution is -0.134. The fourth-order valence-corrected chi connectivity index (χ4v) is 2.56. The van der Waals surface area contributed by atoms with Gasteiger partial charge < -0.3 is 10.5 Å². The van der Waals surface area contributed by atoms with E-state index < -0.39 is 40.8 Å². The summed E-state index contributed by atoms with van der Waals surface area (Å²) in [6.45, 7) is 0.199. The van der Waals surface area contributed by atoms with E-state index in [1.165, 1.54) is 14.2 Å². The van der Waals surface area contributed by atoms with Gasteiger partial charge in [0.25, 0.3) is 0 Å². The lowest BCUT2D eigenvalue weighted by Crippen LogP contribution is -2.42. The molecule has 0 saturated carbocycles. The van der Waals surface area contributed by atoms with Crippen LogP contribution >= 0.6 is 0 Å². The number of halogens is 3. The van der Waals surface area contributed by atoms with E-state index in [0.29, 0.717) is 0 Å². The zero-order valence-electron chi connectivity index (χ0n) is 10.4. The van der Waals surface area contributed by atoms with E-state index in [4.69, 9.17) is 10.5 Å². The molecule has 0 aromatic carbocycles. The third kappa shape index (κ3) is 7.85. The zero-order chi connectivity index (χ0) is 14.4. The SMILES string of the molecule is COCC(N)CN(C)S(=O)(=O)CCCC(F)(F)F. The summed E-state index contributed by atoms with van der Waals surface area (Å²) in [7, 11) is -0.980. The first-order valence-corrected chi connectivity index (χ1v) is 6.94. The first-order valence-electron chi connectivity index (χ1n) is 5.34. The van der Waals surface area contributed by atoms with Crippen molar-refractivity contribution in [3.8, 4) is 0 Å². The molecule has 1 atom stereocenters. The molecule has 18 heavy (non-hydrogen) atoms. The Bertz CT molecular complexity index is 332. The van der Waals surface area contributed by atoms with E-state index in [0.717, 1.165) is 4.31 Å². The van der Waals surface area contributed by atoms with Crippen LogP contribution in [0.15, 0.2) is 0 Å². The second-order valence-electron chi connectivity index (χ2n) is 4.03. The Hall–Kier alpha value is -0.380. The van der Waals surface area contributed by atoms with Crippen LogP contribution < -0.4 is 5.73 Å². The Balaban J connectivity index is 4.20. The van der Waals surface area contributed by atoms with Gasteiger partial charge in [0.15, 0.2) is 0 Å². The van der Waals surface area contributed by atoms with E-state index >= 15 is 0 Å². The molecule has 0 aromatic heterocycles. The third-order valence-electron chi connectivity index (χ3n) is 2.21. The summed E-state index contributed by atoms with van der Waals surface area (Å²) in [6.07, 6.45) is -5.89. The fraction of sp³-hybridized carbons (Fsp3) is 1.00. The second-order valence-corrected chi connectivity index (χ2v) is 6.23. The molecule has 0 aliphatic carbocycles. The number of methoxy groups -OCH3 is 1. The molecule has 0 heterocycles. The Morgan fingerprint density at radius 3 is 2.39 bits per heavy atom. The minimum Gasteiger partial charge on any atom is -0.383 e. The van der Waals surface area contributed by atoms with E-state index in [1.807, 2.05) is 0 Å². The Kier molecular flexibility index (Phi) is 7.11. The molecular weight excluding hydrogens is 273 g/mol. The van der Waals surface area contributed by atoms with Gasteiger partial charge in [-0.15, -0.1) is 0 Å². The number of rotatable bonds is 8. The van der Waals surface area contributed by atoms with Crippen LogP contribution in [-0.2, 0) is 14.8 Å². The van der Waals surface area contributed by atoms with Crippen LogP contribution in [0.3, 0.4) is 0 Å². The molecule has 0 aromatic rings. The van der Waals surface area contributed by atoms with Gasteiger partial charge in [0.1, 0.15) is 0 Å². The molecule has 0 amide bonds. The maximum atomic E-state index is 11.9. The summed E-state index contributed by atoms with van der Waals surface area (Å²) in [6, 6.07) is -0.502. The first kappa shape index (κ1) is 17.6. The molecule has 110 valence electrons. The number of hydrogen-bond donors (Lipinski definition) is 1. The zero-order valence-corrected chi connectivity index (χ0v) is 11.2. The average molecular weight is 292 g/mol. The van der Waals surface area contributed by atoms with Crippen molar-refractivity contribution in [2.24, 2.45) is 5.73 Å². The van der Waals surface area contributed by atoms with Crippen LogP contribution in [0.4, 0.5) is 13.2 Å². The van der Waals surface area contributed by atoms with Crippen LogP contribution in [0.1, 0.15) is 12.8 Å². The smallest absolute Gasteiger partial charge is 0.383 e. The van der Waals surface area contributed by atoms with Gasteiger partial charge in [-0.1, -0.05) is 0 Å². The molecule has 2 N–H and O–H groups in total. The topological polar surface area (TPSA) is 72.6 Å². The average Bonchev–Trinajstić information content (AvgIpc) is 2.15. The molecule has 1 unspecified atom stereocenters. The van der Waals surface area contributed by atoms with Gasteiger partial charge in [-0.3, -0.25) is 0 Å². The van der Waals surface area contributed by atoms with Crippen molar-refractivity contribution in [2.45, 2.75) is 25.1 Å². The highest BCUT2D eigenvalue weighted by atomic mass is 32.2. The van der Waals surface area contributed by atoms with Crippen molar-refractivity contribution in [3.63, 3.8) is 0 Å². The van der Waals surface area contributed by atoms with Crippen molar-refractivity contribution in [2.75, 3.05) is 33.1 Å². The Morgan fingerprint density at radius 1 is 1.39 bits per heavy atom. The lowest BCUT2D eigenvalue weighted by atomic mass is 10.3. The van der Waals surface area contributed by atoms with Crippen molar-refractivity contribution in [3.05, 3.63) is 0 Å². The van der Waals surface area contributed by atoms with Gasteiger partial charge in [-0.05, 0) is 6.42 Å². The van der Waals surface area contributed by atoms with Crippen LogP contribution in [0.25, 0.3) is 0 Å². The molecule has 0 aliphatic rings. The molecule has 0 bridgehead atoms. The van der Waals surface area contributed by atoms with Gasteiger partial charge >= 0.3 is 6.18 Å². The predicted octanol–water partition coefficient (Wildman–Crippen LogP) is 0.564. The maximum Gasteiger partial charge on any atom is 0.389 e. The minimum atomic E-state index is -4.33. The molecular formula is C9H19F3N2O3S. The predicted molar refractivity (Wildman–Crippen MR) is 61.6 cm³/mol. The quantitative estimate of drug-likeness (QED) is 0.709. The van der Waals surface area contributed by atoms with Crippen molar-refractivity contribution < 1.29 is 26.3 Å². The van der Waals surface area contributed by atoms with Crippen LogP contribution in [-0.4, -0.2) is 58.0 Å². The lowest BCUT2D eigenvalue weighted by Gasteiger charge is -2.20. The summed E-state index contributed by atoms with van der Waals surface area (Å²) >= 11 is 0. The molecule has 0 saturated heterocycles. The molecule has 0 spiro atoms. The largest absolute Gasteiger partial charge is 0.389 e. The number of alkyl halides is 3. The number of ether oxygens (including phenoxy) is 1. The van der Waals surface area contributed by atoms with Gasteiger partial charge in [0.2, 0.25) is 10.0 Å². The molecule has 9 heteroatoms. The summed E-state index contributed by atoms with van der Waals surface area (Å²) in [5.74, 6) is -0.539. The second kappa shape index (κ2) is 7.27. The maximum absolute atomic E-state index is 11.9. The van der Waals surface area contributed by atoms with E-state index in [2.05, 4.69) is 0 Å². The summed E-state index contributed by atoms with van der Waals surface area (Å²) < 4.78 is 64.6. The van der Waals surface area contributed by atoms with E-state index in [9.17, 15) is 21.6 Å². The first-order chi connectivity index (χ1) is 8.08. The number of hydrogen-bond acceptors (Lipinski definition) is 4. The Labute approximate surface area is 105 Å². The van der Waals surface area contributed by atoms with Crippen LogP contribution in [0.5, 0.6) is 0 Å². The van der Waals surface area contributed by atoms with Crippen molar-refractivity contribution in [1.82, 2.24) is 4.31 Å². The van der Waals surface area contributed by atoms with Crippen molar-refractivity contribution >= 4 is 10.0 Å². The van der Waals surface area contributed by atoms with Crippen LogP contribution in [0.2, 0.25) is 0 Å². The number of likely N-dealkylation sites (N-methyl/N-ethyl adjacent to an activating group) is 1. The molecule has 0 fully saturated rings. The summed E-state index contributed by atoms with van der Waals surface area (Å²) in [4.78, 5) is 0. The van der Waals surface area contributed by atoms with E-state index in [-0.39, 0.29) is 13.2 Å². The highest BCUT2D eigenvalue weighted by Gasteiger charge is 2.28. The van der Waals surface area contributed by atoms with Gasteiger partial charge in [-0.25, -0.2) is 12.7 Å². The third-order valence-corrected chi connectivity index (χ3v) is 4.11. The highest BCUT2D eigenvalue weighted by Crippen LogP contribution is 2.21. The number of sulfonamides is 1. The van der Waals surface area contributed by atoms with Gasteiger partial charge in [0, 0.05) is 33.2 Å². The normalized spacial score (nSPS) is 15.1. The van der Waals surface area contributed by atoms with Crippen molar-refractivity contribution in [1.29, 1.82) is 0 Å².